The zero-order chi connectivity index (χ0) is 15.4. The predicted octanol–water partition coefficient (Wildman–Crippen LogP) is 4.94. The van der Waals surface area contributed by atoms with Crippen LogP contribution in [0.4, 0.5) is 0 Å². The van der Waals surface area contributed by atoms with E-state index in [0.717, 1.165) is 18.1 Å². The smallest absolute Gasteiger partial charge is 0.119 e. The van der Waals surface area contributed by atoms with Crippen LogP contribution in [0.25, 0.3) is 0 Å². The van der Waals surface area contributed by atoms with E-state index in [9.17, 15) is 0 Å². The van der Waals surface area contributed by atoms with Crippen molar-refractivity contribution in [1.82, 2.24) is 0 Å². The van der Waals surface area contributed by atoms with E-state index in [1.165, 1.54) is 24.8 Å². The largest absolute Gasteiger partial charge is 0.490 e. The first-order valence-electron chi connectivity index (χ1n) is 8.53. The molecule has 2 N–H and O–H groups in total. The molecule has 0 aromatic heterocycles. The Kier molecular flexibility index (Phi) is 5.69. The molecule has 1 aliphatic rings. The summed E-state index contributed by atoms with van der Waals surface area (Å²) in [5, 5.41) is 0. The van der Waals surface area contributed by atoms with Crippen molar-refractivity contribution in [3.8, 4) is 5.75 Å². The van der Waals surface area contributed by atoms with Crippen molar-refractivity contribution in [2.24, 2.45) is 23.5 Å². The van der Waals surface area contributed by atoms with E-state index in [1.807, 2.05) is 0 Å². The second kappa shape index (κ2) is 7.31. The summed E-state index contributed by atoms with van der Waals surface area (Å²) in [6.07, 6.45) is 5.14. The van der Waals surface area contributed by atoms with Gasteiger partial charge in [0.15, 0.2) is 0 Å². The third-order valence-corrected chi connectivity index (χ3v) is 5.00. The van der Waals surface area contributed by atoms with Crippen LogP contribution in [0.5, 0.6) is 5.75 Å². The lowest BCUT2D eigenvalue weighted by atomic mass is 9.75. The van der Waals surface area contributed by atoms with Crippen molar-refractivity contribution >= 4 is 0 Å². The second-order valence-electron chi connectivity index (χ2n) is 7.07. The fourth-order valence-electron chi connectivity index (χ4n) is 3.45. The molecule has 1 fully saturated rings. The van der Waals surface area contributed by atoms with E-state index in [0.29, 0.717) is 17.9 Å². The second-order valence-corrected chi connectivity index (χ2v) is 7.07. The van der Waals surface area contributed by atoms with Crippen molar-refractivity contribution in [2.45, 2.75) is 65.5 Å². The van der Waals surface area contributed by atoms with E-state index < -0.39 is 0 Å². The standard InChI is InChI=1S/C19H31NO/c1-5-18(20)15-7-9-16(10-8-15)21-19-12-14(4)6-11-17(19)13(2)3/h7-10,13-14,17-19H,5-6,11-12,20H2,1-4H3/t14?,17?,18-,19?/m1/s1. The number of nitrogens with two attached hydrogens (primary N) is 1. The molecule has 1 aromatic carbocycles. The third-order valence-electron chi connectivity index (χ3n) is 5.00. The van der Waals surface area contributed by atoms with Gasteiger partial charge in [0.05, 0.1) is 0 Å². The minimum Gasteiger partial charge on any atom is -0.490 e. The maximum atomic E-state index is 6.33. The Balaban J connectivity index is 2.04. The molecular weight excluding hydrogens is 258 g/mol. The van der Waals surface area contributed by atoms with Gasteiger partial charge < -0.3 is 10.5 Å². The molecule has 1 saturated carbocycles. The first-order valence-corrected chi connectivity index (χ1v) is 8.53. The molecule has 3 unspecified atom stereocenters. The van der Waals surface area contributed by atoms with Crippen molar-refractivity contribution in [3.63, 3.8) is 0 Å². The number of hydrogen-bond acceptors (Lipinski definition) is 2. The summed E-state index contributed by atoms with van der Waals surface area (Å²) in [6.45, 7) is 9.10. The van der Waals surface area contributed by atoms with E-state index >= 15 is 0 Å². The molecule has 2 heteroatoms. The zero-order valence-corrected chi connectivity index (χ0v) is 14.0. The van der Waals surface area contributed by atoms with Crippen LogP contribution in [0.3, 0.4) is 0 Å². The van der Waals surface area contributed by atoms with Crippen LogP contribution in [0.1, 0.15) is 65.0 Å². The Labute approximate surface area is 130 Å². The molecule has 4 atom stereocenters. The average molecular weight is 289 g/mol. The van der Waals surface area contributed by atoms with Crippen LogP contribution >= 0.6 is 0 Å². The molecule has 0 spiro atoms. The monoisotopic (exact) mass is 289 g/mol. The van der Waals surface area contributed by atoms with Gasteiger partial charge in [-0.1, -0.05) is 46.2 Å². The molecule has 2 nitrogen and oxygen atoms in total. The molecule has 0 aliphatic heterocycles. The van der Waals surface area contributed by atoms with Gasteiger partial charge in [-0.05, 0) is 54.7 Å². The van der Waals surface area contributed by atoms with E-state index in [1.54, 1.807) is 0 Å². The Morgan fingerprint density at radius 1 is 1.19 bits per heavy atom. The molecule has 21 heavy (non-hydrogen) atoms. The molecule has 0 heterocycles. The summed E-state index contributed by atoms with van der Waals surface area (Å²) in [4.78, 5) is 0. The number of benzene rings is 1. The first-order chi connectivity index (χ1) is 10.0. The minimum atomic E-state index is 0.136. The molecule has 118 valence electrons. The molecule has 2 rings (SSSR count). The van der Waals surface area contributed by atoms with Gasteiger partial charge in [0.2, 0.25) is 0 Å². The maximum absolute atomic E-state index is 6.33. The molecule has 0 radical (unpaired) electrons. The summed E-state index contributed by atoms with van der Waals surface area (Å²) >= 11 is 0. The van der Waals surface area contributed by atoms with Gasteiger partial charge in [-0.3, -0.25) is 0 Å². The van der Waals surface area contributed by atoms with Crippen molar-refractivity contribution in [1.29, 1.82) is 0 Å². The van der Waals surface area contributed by atoms with Crippen LogP contribution in [-0.4, -0.2) is 6.10 Å². The van der Waals surface area contributed by atoms with Gasteiger partial charge >= 0.3 is 0 Å². The zero-order valence-electron chi connectivity index (χ0n) is 14.0. The molecular formula is C19H31NO. The average Bonchev–Trinajstić information content (AvgIpc) is 2.47. The topological polar surface area (TPSA) is 35.2 Å². The SMILES string of the molecule is CC[C@@H](N)c1ccc(OC2CC(C)CCC2C(C)C)cc1. The summed E-state index contributed by atoms with van der Waals surface area (Å²) in [6, 6.07) is 8.53. The van der Waals surface area contributed by atoms with Gasteiger partial charge in [0, 0.05) is 6.04 Å². The van der Waals surface area contributed by atoms with Crippen LogP contribution in [0, 0.1) is 17.8 Å². The van der Waals surface area contributed by atoms with Crippen molar-refractivity contribution in [3.05, 3.63) is 29.8 Å². The molecule has 0 bridgehead atoms. The lowest BCUT2D eigenvalue weighted by Crippen LogP contribution is -2.36. The van der Waals surface area contributed by atoms with Gasteiger partial charge in [0.25, 0.3) is 0 Å². The summed E-state index contributed by atoms with van der Waals surface area (Å²) < 4.78 is 6.33. The first kappa shape index (κ1) is 16.4. The van der Waals surface area contributed by atoms with Crippen molar-refractivity contribution in [2.75, 3.05) is 0 Å². The van der Waals surface area contributed by atoms with Crippen molar-refractivity contribution < 1.29 is 4.74 Å². The highest BCUT2D eigenvalue weighted by Gasteiger charge is 2.32. The molecule has 1 aliphatic carbocycles. The normalized spacial score (nSPS) is 27.6. The van der Waals surface area contributed by atoms with Gasteiger partial charge in [-0.2, -0.15) is 0 Å². The van der Waals surface area contributed by atoms with Crippen LogP contribution in [-0.2, 0) is 0 Å². The van der Waals surface area contributed by atoms with Gasteiger partial charge in [-0.15, -0.1) is 0 Å². The molecule has 0 amide bonds. The lowest BCUT2D eigenvalue weighted by Gasteiger charge is -2.37. The van der Waals surface area contributed by atoms with Crippen LogP contribution < -0.4 is 10.5 Å². The van der Waals surface area contributed by atoms with Crippen LogP contribution in [0.2, 0.25) is 0 Å². The summed E-state index contributed by atoms with van der Waals surface area (Å²) in [7, 11) is 0. The van der Waals surface area contributed by atoms with Gasteiger partial charge in [-0.25, -0.2) is 0 Å². The Hall–Kier alpha value is -1.02. The third kappa shape index (κ3) is 4.23. The quantitative estimate of drug-likeness (QED) is 0.833. The minimum absolute atomic E-state index is 0.136. The van der Waals surface area contributed by atoms with Gasteiger partial charge in [0.1, 0.15) is 11.9 Å². The van der Waals surface area contributed by atoms with E-state index in [4.69, 9.17) is 10.5 Å². The van der Waals surface area contributed by atoms with E-state index in [-0.39, 0.29) is 6.04 Å². The lowest BCUT2D eigenvalue weighted by molar-refractivity contribution is 0.0460. The highest BCUT2D eigenvalue weighted by molar-refractivity contribution is 5.29. The maximum Gasteiger partial charge on any atom is 0.119 e. The fourth-order valence-corrected chi connectivity index (χ4v) is 3.45. The fraction of sp³-hybridized carbons (Fsp3) is 0.684. The summed E-state index contributed by atoms with van der Waals surface area (Å²) in [5.41, 5.74) is 7.26. The molecule has 0 saturated heterocycles. The highest BCUT2D eigenvalue weighted by atomic mass is 16.5. The number of rotatable bonds is 5. The number of hydrogen-bond donors (Lipinski definition) is 1. The Morgan fingerprint density at radius 2 is 1.86 bits per heavy atom. The Morgan fingerprint density at radius 3 is 2.43 bits per heavy atom. The Bertz CT molecular complexity index is 426. The van der Waals surface area contributed by atoms with E-state index in [2.05, 4.69) is 52.0 Å². The van der Waals surface area contributed by atoms with Crippen LogP contribution in [0.15, 0.2) is 24.3 Å². The number of ether oxygens (including phenoxy) is 1. The summed E-state index contributed by atoms with van der Waals surface area (Å²) in [5.74, 6) is 3.14. The predicted molar refractivity (Wildman–Crippen MR) is 89.4 cm³/mol. The highest BCUT2D eigenvalue weighted by Crippen LogP contribution is 2.36. The molecule has 1 aromatic rings.